The Bertz CT molecular complexity index is 1170. The molecule has 184 valence electrons. The van der Waals surface area contributed by atoms with Gasteiger partial charge in [0.05, 0.1) is 10.5 Å². The Labute approximate surface area is 202 Å². The molecule has 0 saturated heterocycles. The van der Waals surface area contributed by atoms with Gasteiger partial charge in [-0.1, -0.05) is 32.4 Å². The molecule has 4 aliphatic rings. The second kappa shape index (κ2) is 8.02. The van der Waals surface area contributed by atoms with Gasteiger partial charge in [0.1, 0.15) is 6.10 Å². The lowest BCUT2D eigenvalue weighted by atomic mass is 9.45. The fraction of sp³-hybridized carbons (Fsp3) is 0.630. The number of nitrogens with two attached hydrogens (primary N) is 1. The molecule has 0 bridgehead atoms. The molecular weight excluding hydrogens is 450 g/mol. The summed E-state index contributed by atoms with van der Waals surface area (Å²) in [5.74, 6) is 1.89. The number of benzene rings is 1. The Morgan fingerprint density at radius 1 is 1.12 bits per heavy atom. The van der Waals surface area contributed by atoms with Crippen molar-refractivity contribution in [2.45, 2.75) is 76.7 Å². The topological polar surface area (TPSA) is 104 Å². The maximum absolute atomic E-state index is 13.0. The van der Waals surface area contributed by atoms with Gasteiger partial charge in [0.25, 0.3) is 0 Å². The highest BCUT2D eigenvalue weighted by molar-refractivity contribution is 7.89. The molecule has 3 fully saturated rings. The molecule has 4 aliphatic carbocycles. The Kier molecular flexibility index (Phi) is 5.60. The minimum Gasteiger partial charge on any atom is -0.458 e. The molecule has 0 aliphatic heterocycles. The summed E-state index contributed by atoms with van der Waals surface area (Å²) >= 11 is 0. The Balaban J connectivity index is 1.38. The van der Waals surface area contributed by atoms with E-state index in [1.54, 1.807) is 6.07 Å². The fourth-order valence-electron chi connectivity index (χ4n) is 8.05. The van der Waals surface area contributed by atoms with Crippen molar-refractivity contribution >= 4 is 21.8 Å². The van der Waals surface area contributed by atoms with E-state index in [4.69, 9.17) is 9.88 Å². The first kappa shape index (κ1) is 23.7. The lowest BCUT2D eigenvalue weighted by Gasteiger charge is -2.59. The van der Waals surface area contributed by atoms with Crippen LogP contribution in [0.15, 0.2) is 40.8 Å². The van der Waals surface area contributed by atoms with Crippen LogP contribution in [0.4, 0.5) is 0 Å². The van der Waals surface area contributed by atoms with Crippen LogP contribution in [0.25, 0.3) is 0 Å². The summed E-state index contributed by atoms with van der Waals surface area (Å²) in [6.45, 7) is 6.99. The smallest absolute Gasteiger partial charge is 0.338 e. The largest absolute Gasteiger partial charge is 0.458 e. The van der Waals surface area contributed by atoms with Crippen LogP contribution in [0, 0.1) is 34.5 Å². The fourth-order valence-corrected chi connectivity index (χ4v) is 8.61. The van der Waals surface area contributed by atoms with Gasteiger partial charge in [-0.05, 0) is 91.9 Å². The van der Waals surface area contributed by atoms with Crippen molar-refractivity contribution in [2.75, 3.05) is 0 Å². The first-order valence-corrected chi connectivity index (χ1v) is 14.1. The van der Waals surface area contributed by atoms with Crippen molar-refractivity contribution < 1.29 is 22.7 Å². The summed E-state index contributed by atoms with van der Waals surface area (Å²) < 4.78 is 29.5. The zero-order valence-corrected chi connectivity index (χ0v) is 21.1. The third-order valence-electron chi connectivity index (χ3n) is 9.87. The van der Waals surface area contributed by atoms with E-state index in [9.17, 15) is 18.0 Å². The van der Waals surface area contributed by atoms with Crippen LogP contribution in [-0.4, -0.2) is 26.3 Å². The van der Waals surface area contributed by atoms with Crippen molar-refractivity contribution in [3.63, 3.8) is 0 Å². The van der Waals surface area contributed by atoms with Gasteiger partial charge in [-0.25, -0.2) is 18.4 Å². The number of primary sulfonamides is 1. The van der Waals surface area contributed by atoms with E-state index in [-0.39, 0.29) is 33.2 Å². The number of hydrogen-bond donors (Lipinski definition) is 1. The molecule has 0 radical (unpaired) electrons. The quantitative estimate of drug-likeness (QED) is 0.628. The predicted octanol–water partition coefficient (Wildman–Crippen LogP) is 4.64. The van der Waals surface area contributed by atoms with Crippen molar-refractivity contribution in [1.29, 1.82) is 0 Å². The van der Waals surface area contributed by atoms with E-state index in [1.807, 2.05) is 6.08 Å². The van der Waals surface area contributed by atoms with E-state index in [2.05, 4.69) is 20.8 Å². The highest BCUT2D eigenvalue weighted by Gasteiger charge is 2.61. The standard InChI is InChI=1S/C27H35NO5S/c1-16-13-18-15-19(29)9-11-26(18,2)22-10-12-27(3)21(24(16)22)7-8-23(27)33-25(30)17-5-4-6-20(14-17)34(28,31)32/h4-6,14-16,21-24H,7-13H2,1-3H3,(H2,28,31,32)/t16-,21?,22?,23+,24?,26+,27+/m1/s1. The SMILES string of the molecule is C[C@@H]1CC2=CC(=O)CC[C@]2(C)C2CC[C@@]3(C)C(CC[C@@H]3OC(=O)c3cccc(S(N)(=O)=O)c3)C21. The molecule has 0 spiro atoms. The highest BCUT2D eigenvalue weighted by atomic mass is 32.2. The third-order valence-corrected chi connectivity index (χ3v) is 10.8. The minimum atomic E-state index is -3.89. The molecule has 6 nitrogen and oxygen atoms in total. The molecule has 0 aromatic heterocycles. The lowest BCUT2D eigenvalue weighted by Crippen LogP contribution is -2.54. The number of carbonyl (C=O) groups excluding carboxylic acids is 2. The molecule has 7 heteroatoms. The van der Waals surface area contributed by atoms with Gasteiger partial charge in [0, 0.05) is 11.8 Å². The molecule has 3 saturated carbocycles. The van der Waals surface area contributed by atoms with E-state index in [0.29, 0.717) is 30.1 Å². The average Bonchev–Trinajstić information content (AvgIpc) is 3.10. The van der Waals surface area contributed by atoms with Crippen molar-refractivity contribution in [3.8, 4) is 0 Å². The molecule has 1 aromatic carbocycles. The molecule has 34 heavy (non-hydrogen) atoms. The number of ketones is 1. The maximum Gasteiger partial charge on any atom is 0.338 e. The second-order valence-electron chi connectivity index (χ2n) is 11.6. The first-order chi connectivity index (χ1) is 15.9. The van der Waals surface area contributed by atoms with Crippen LogP contribution in [0.5, 0.6) is 0 Å². The van der Waals surface area contributed by atoms with Gasteiger partial charge in [0.2, 0.25) is 10.0 Å². The van der Waals surface area contributed by atoms with Gasteiger partial charge in [-0.15, -0.1) is 0 Å². The number of ether oxygens (including phenoxy) is 1. The van der Waals surface area contributed by atoms with Crippen molar-refractivity contribution in [2.24, 2.45) is 39.6 Å². The van der Waals surface area contributed by atoms with Crippen LogP contribution in [-0.2, 0) is 19.6 Å². The Hall–Kier alpha value is -1.99. The summed E-state index contributed by atoms with van der Waals surface area (Å²) in [7, 11) is -3.89. The number of sulfonamides is 1. The lowest BCUT2D eigenvalue weighted by molar-refractivity contribution is -0.119. The summed E-state index contributed by atoms with van der Waals surface area (Å²) in [6, 6.07) is 5.77. The summed E-state index contributed by atoms with van der Waals surface area (Å²) in [4.78, 5) is 25.1. The molecular formula is C27H35NO5S. The molecule has 7 atom stereocenters. The number of allylic oxidation sites excluding steroid dienone is 1. The third kappa shape index (κ3) is 3.67. The number of hydrogen-bond acceptors (Lipinski definition) is 5. The monoisotopic (exact) mass is 485 g/mol. The van der Waals surface area contributed by atoms with Gasteiger partial charge in [-0.2, -0.15) is 0 Å². The predicted molar refractivity (Wildman–Crippen MR) is 128 cm³/mol. The van der Waals surface area contributed by atoms with Crippen LogP contribution < -0.4 is 5.14 Å². The summed E-state index contributed by atoms with van der Waals surface area (Å²) in [5, 5.41) is 5.24. The van der Waals surface area contributed by atoms with Gasteiger partial charge in [-0.3, -0.25) is 4.79 Å². The van der Waals surface area contributed by atoms with E-state index >= 15 is 0 Å². The maximum atomic E-state index is 13.0. The summed E-state index contributed by atoms with van der Waals surface area (Å²) in [5.41, 5.74) is 1.59. The van der Waals surface area contributed by atoms with Gasteiger partial charge in [0.15, 0.2) is 5.78 Å². The van der Waals surface area contributed by atoms with Crippen molar-refractivity contribution in [3.05, 3.63) is 41.5 Å². The average molecular weight is 486 g/mol. The van der Waals surface area contributed by atoms with Crippen molar-refractivity contribution in [1.82, 2.24) is 0 Å². The van der Waals surface area contributed by atoms with E-state index in [0.717, 1.165) is 38.5 Å². The van der Waals surface area contributed by atoms with Crippen LogP contribution in [0.3, 0.4) is 0 Å². The molecule has 0 heterocycles. The number of fused-ring (bicyclic) bond motifs is 5. The van der Waals surface area contributed by atoms with Gasteiger partial charge >= 0.3 is 5.97 Å². The molecule has 0 amide bonds. The normalized spacial score (nSPS) is 39.5. The van der Waals surface area contributed by atoms with Gasteiger partial charge < -0.3 is 4.74 Å². The van der Waals surface area contributed by atoms with Crippen LogP contribution in [0.1, 0.15) is 76.1 Å². The Morgan fingerprint density at radius 2 is 1.88 bits per heavy atom. The number of rotatable bonds is 3. The Morgan fingerprint density at radius 3 is 2.62 bits per heavy atom. The molecule has 2 N–H and O–H groups in total. The second-order valence-corrected chi connectivity index (χ2v) is 13.2. The first-order valence-electron chi connectivity index (χ1n) is 12.5. The zero-order chi connectivity index (χ0) is 24.5. The highest BCUT2D eigenvalue weighted by Crippen LogP contribution is 2.66. The van der Waals surface area contributed by atoms with E-state index in [1.165, 1.54) is 23.8 Å². The number of carbonyl (C=O) groups is 2. The zero-order valence-electron chi connectivity index (χ0n) is 20.3. The van der Waals surface area contributed by atoms with E-state index < -0.39 is 16.0 Å². The van der Waals surface area contributed by atoms with Crippen LogP contribution >= 0.6 is 0 Å². The molecule has 1 aromatic rings. The number of esters is 1. The van der Waals surface area contributed by atoms with Crippen LogP contribution in [0.2, 0.25) is 0 Å². The molecule has 5 rings (SSSR count). The molecule has 3 unspecified atom stereocenters. The summed E-state index contributed by atoms with van der Waals surface area (Å²) in [6.07, 6.45) is 8.29. The minimum absolute atomic E-state index is 0.0861.